The van der Waals surface area contributed by atoms with Crippen molar-refractivity contribution in [3.63, 3.8) is 0 Å². The fourth-order valence-electron chi connectivity index (χ4n) is 3.22. The molecule has 0 saturated carbocycles. The Morgan fingerprint density at radius 1 is 0.829 bits per heavy atom. The van der Waals surface area contributed by atoms with Gasteiger partial charge in [-0.25, -0.2) is 0 Å². The second kappa shape index (κ2) is 17.4. The number of nitrogens with zero attached hydrogens (tertiary/aromatic N) is 2. The monoisotopic (exact) mass is 584 g/mol. The Kier molecular flexibility index (Phi) is 14.8. The highest BCUT2D eigenvalue weighted by atomic mass is 32.2. The maximum atomic E-state index is 11.3. The van der Waals surface area contributed by atoms with Gasteiger partial charge < -0.3 is 24.4 Å². The summed E-state index contributed by atoms with van der Waals surface area (Å²) in [5, 5.41) is 35.1. The Hall–Kier alpha value is -4.29. The van der Waals surface area contributed by atoms with Crippen LogP contribution in [0.5, 0.6) is 23.0 Å². The quantitative estimate of drug-likeness (QED) is 0.312. The molecule has 0 spiro atoms. The van der Waals surface area contributed by atoms with Crippen molar-refractivity contribution in [1.29, 1.82) is 10.5 Å². The first-order valence-corrected chi connectivity index (χ1v) is 13.9. The average Bonchev–Trinajstić information content (AvgIpc) is 2.96. The van der Waals surface area contributed by atoms with Crippen LogP contribution in [0.1, 0.15) is 49.5 Å². The number of ether oxygens (including phenoxy) is 3. The van der Waals surface area contributed by atoms with E-state index in [1.165, 1.54) is 25.3 Å². The van der Waals surface area contributed by atoms with Crippen molar-refractivity contribution in [3.05, 3.63) is 77.4 Å². The molecule has 3 aromatic carbocycles. The topological polar surface area (TPSA) is 159 Å². The molecule has 3 aromatic rings. The molecular formula is C30H36N2O8S. The van der Waals surface area contributed by atoms with Gasteiger partial charge in [-0.2, -0.15) is 18.9 Å². The molecule has 0 saturated heterocycles. The Morgan fingerprint density at radius 2 is 1.37 bits per heavy atom. The Labute approximate surface area is 242 Å². The number of aliphatic hydroxyl groups excluding tert-OH is 1. The van der Waals surface area contributed by atoms with Crippen molar-refractivity contribution >= 4 is 10.1 Å². The molecule has 0 radical (unpaired) electrons. The summed E-state index contributed by atoms with van der Waals surface area (Å²) >= 11 is 0. The smallest absolute Gasteiger partial charge is 0.297 e. The summed E-state index contributed by atoms with van der Waals surface area (Å²) in [6, 6.07) is 20.2. The third-order valence-corrected chi connectivity index (χ3v) is 6.68. The minimum absolute atomic E-state index is 0.0679. The number of rotatable bonds is 9. The van der Waals surface area contributed by atoms with Crippen LogP contribution in [-0.2, 0) is 14.3 Å². The average molecular weight is 585 g/mol. The summed E-state index contributed by atoms with van der Waals surface area (Å²) in [6.45, 7) is 7.21. The molecular weight excluding hydrogens is 548 g/mol. The predicted molar refractivity (Wildman–Crippen MR) is 153 cm³/mol. The molecule has 0 aliphatic carbocycles. The zero-order valence-electron chi connectivity index (χ0n) is 24.0. The number of phenols is 1. The van der Waals surface area contributed by atoms with Crippen molar-refractivity contribution in [2.24, 2.45) is 0 Å². The summed E-state index contributed by atoms with van der Waals surface area (Å²) in [5.41, 5.74) is 2.50. The summed E-state index contributed by atoms with van der Waals surface area (Å²) in [4.78, 5) is 0.0679. The third kappa shape index (κ3) is 11.8. The molecule has 41 heavy (non-hydrogen) atoms. The summed E-state index contributed by atoms with van der Waals surface area (Å²) in [5.74, 6) is 2.62. The van der Waals surface area contributed by atoms with E-state index < -0.39 is 22.8 Å². The molecule has 0 aromatic heterocycles. The van der Waals surface area contributed by atoms with E-state index in [0.717, 1.165) is 22.6 Å². The molecule has 1 unspecified atom stereocenters. The summed E-state index contributed by atoms with van der Waals surface area (Å²) in [6.07, 6.45) is -0.680. The van der Waals surface area contributed by atoms with Crippen LogP contribution in [0.25, 0.3) is 0 Å². The van der Waals surface area contributed by atoms with Gasteiger partial charge in [0.25, 0.3) is 10.1 Å². The lowest BCUT2D eigenvalue weighted by atomic mass is 10.0. The number of hydrogen-bond acceptors (Lipinski definition) is 10. The number of phenolic OH excluding ortho intramolecular Hbond substituents is 1. The number of nitriles is 2. The van der Waals surface area contributed by atoms with E-state index in [2.05, 4.69) is 18.0 Å². The minimum Gasteiger partial charge on any atom is -0.508 e. The maximum absolute atomic E-state index is 11.3. The number of aliphatic hydroxyl groups is 1. The molecule has 10 nitrogen and oxygen atoms in total. The van der Waals surface area contributed by atoms with E-state index in [1.54, 1.807) is 44.4 Å². The second-order valence-electron chi connectivity index (χ2n) is 8.79. The van der Waals surface area contributed by atoms with Crippen LogP contribution in [0, 0.1) is 29.6 Å². The molecule has 0 fully saturated rings. The SMILES string of the molecule is COc1ccc(O)c(C(C)O)c1.COc1ccc(OCC#N)c(C(C)C)c1.Cc1ccc(S(=O)(=O)OCC#N)cc1. The zero-order valence-corrected chi connectivity index (χ0v) is 24.8. The van der Waals surface area contributed by atoms with Gasteiger partial charge in [0, 0.05) is 11.1 Å². The van der Waals surface area contributed by atoms with Crippen LogP contribution in [0.2, 0.25) is 0 Å². The van der Waals surface area contributed by atoms with E-state index >= 15 is 0 Å². The lowest BCUT2D eigenvalue weighted by Gasteiger charge is -2.13. The van der Waals surface area contributed by atoms with Crippen LogP contribution >= 0.6 is 0 Å². The van der Waals surface area contributed by atoms with Gasteiger partial charge >= 0.3 is 0 Å². The molecule has 0 bridgehead atoms. The van der Waals surface area contributed by atoms with Gasteiger partial charge in [-0.1, -0.05) is 31.5 Å². The fourth-order valence-corrected chi connectivity index (χ4v) is 4.03. The van der Waals surface area contributed by atoms with Crippen molar-refractivity contribution in [1.82, 2.24) is 0 Å². The predicted octanol–water partition coefficient (Wildman–Crippen LogP) is 5.40. The van der Waals surface area contributed by atoms with Gasteiger partial charge in [0.1, 0.15) is 29.1 Å². The van der Waals surface area contributed by atoms with E-state index in [9.17, 15) is 18.6 Å². The first kappa shape index (κ1) is 34.7. The van der Waals surface area contributed by atoms with Gasteiger partial charge in [-0.15, -0.1) is 0 Å². The minimum atomic E-state index is -3.76. The summed E-state index contributed by atoms with van der Waals surface area (Å²) in [7, 11) is -0.588. The van der Waals surface area contributed by atoms with E-state index in [1.807, 2.05) is 31.2 Å². The van der Waals surface area contributed by atoms with Gasteiger partial charge in [-0.3, -0.25) is 4.18 Å². The zero-order chi connectivity index (χ0) is 31.0. The molecule has 11 heteroatoms. The Bertz CT molecular complexity index is 1420. The number of methoxy groups -OCH3 is 2. The highest BCUT2D eigenvalue weighted by Crippen LogP contribution is 2.30. The van der Waals surface area contributed by atoms with Crippen LogP contribution in [0.4, 0.5) is 0 Å². The number of hydrogen-bond donors (Lipinski definition) is 2. The fraction of sp³-hybridized carbons (Fsp3) is 0.333. The number of aromatic hydroxyl groups is 1. The first-order chi connectivity index (χ1) is 19.4. The third-order valence-electron chi connectivity index (χ3n) is 5.40. The first-order valence-electron chi connectivity index (χ1n) is 12.5. The van der Waals surface area contributed by atoms with Gasteiger partial charge in [-0.05, 0) is 68.3 Å². The second-order valence-corrected chi connectivity index (χ2v) is 10.4. The molecule has 0 aliphatic heterocycles. The van der Waals surface area contributed by atoms with Crippen molar-refractivity contribution < 1.29 is 37.0 Å². The van der Waals surface area contributed by atoms with Gasteiger partial charge in [0.15, 0.2) is 13.2 Å². The van der Waals surface area contributed by atoms with Crippen LogP contribution in [-0.4, -0.2) is 46.1 Å². The highest BCUT2D eigenvalue weighted by molar-refractivity contribution is 7.86. The molecule has 2 N–H and O–H groups in total. The van der Waals surface area contributed by atoms with Crippen LogP contribution in [0.15, 0.2) is 65.6 Å². The van der Waals surface area contributed by atoms with Crippen LogP contribution < -0.4 is 14.2 Å². The molecule has 3 rings (SSSR count). The standard InChI is InChI=1S/C12H15NO2.C9H9NO3S.C9H12O3/c1-9(2)11-8-10(14-3)4-5-12(11)15-7-6-13;1-8-2-4-9(5-3-8)14(11,12)13-7-6-10;1-6(10)8-5-7(12-2)3-4-9(8)11/h4-5,8-9H,7H2,1-3H3;2-5H,7H2,1H3;3-6,10-11H,1-2H3. The van der Waals surface area contributed by atoms with E-state index in [0.29, 0.717) is 17.2 Å². The van der Waals surface area contributed by atoms with E-state index in [-0.39, 0.29) is 17.3 Å². The summed E-state index contributed by atoms with van der Waals surface area (Å²) < 4.78 is 42.5. The lowest BCUT2D eigenvalue weighted by Crippen LogP contribution is -2.06. The largest absolute Gasteiger partial charge is 0.508 e. The molecule has 0 heterocycles. The van der Waals surface area contributed by atoms with Crippen LogP contribution in [0.3, 0.4) is 0 Å². The normalized spacial score (nSPS) is 11.0. The van der Waals surface area contributed by atoms with Crippen molar-refractivity contribution in [2.45, 2.75) is 44.6 Å². The van der Waals surface area contributed by atoms with Gasteiger partial charge in [0.05, 0.1) is 31.3 Å². The van der Waals surface area contributed by atoms with Crippen molar-refractivity contribution in [2.75, 3.05) is 27.4 Å². The van der Waals surface area contributed by atoms with Gasteiger partial charge in [0.2, 0.25) is 0 Å². The number of benzene rings is 3. The Balaban J connectivity index is 0.000000309. The molecule has 220 valence electrons. The van der Waals surface area contributed by atoms with E-state index in [4.69, 9.17) is 24.7 Å². The van der Waals surface area contributed by atoms with Crippen molar-refractivity contribution in [3.8, 4) is 35.1 Å². The maximum Gasteiger partial charge on any atom is 0.297 e. The molecule has 0 amide bonds. The highest BCUT2D eigenvalue weighted by Gasteiger charge is 2.14. The number of aryl methyl sites for hydroxylation is 1. The Morgan fingerprint density at radius 3 is 1.85 bits per heavy atom. The molecule has 0 aliphatic rings. The molecule has 1 atom stereocenters. The lowest BCUT2D eigenvalue weighted by molar-refractivity contribution is 0.194.